The number of aromatic nitrogens is 1. The maximum absolute atomic E-state index is 12.9. The summed E-state index contributed by atoms with van der Waals surface area (Å²) in [5.74, 6) is 1.18. The van der Waals surface area contributed by atoms with Crippen LogP contribution in [0.4, 0.5) is 17.2 Å². The predicted octanol–water partition coefficient (Wildman–Crippen LogP) is 2.61. The quantitative estimate of drug-likeness (QED) is 0.768. The molecule has 0 radical (unpaired) electrons. The summed E-state index contributed by atoms with van der Waals surface area (Å²) in [6.45, 7) is 4.79. The van der Waals surface area contributed by atoms with Crippen LogP contribution in [0.1, 0.15) is 12.0 Å². The maximum Gasteiger partial charge on any atom is 0.241 e. The maximum atomic E-state index is 12.9. The lowest BCUT2D eigenvalue weighted by molar-refractivity contribution is -0.119. The van der Waals surface area contributed by atoms with Gasteiger partial charge in [-0.15, -0.1) is 24.8 Å². The summed E-state index contributed by atoms with van der Waals surface area (Å²) in [6, 6.07) is 11.9. The van der Waals surface area contributed by atoms with Crippen LogP contribution in [0.3, 0.4) is 0 Å². The number of pyridine rings is 1. The van der Waals surface area contributed by atoms with E-state index in [2.05, 4.69) is 14.8 Å². The Morgan fingerprint density at radius 1 is 1.00 bits per heavy atom. The Hall–Kier alpha value is -2.02. The Morgan fingerprint density at radius 3 is 2.50 bits per heavy atom. The van der Waals surface area contributed by atoms with Crippen molar-refractivity contribution < 1.29 is 4.79 Å². The lowest BCUT2D eigenvalue weighted by Crippen LogP contribution is -2.51. The first-order chi connectivity index (χ1) is 12.7. The highest BCUT2D eigenvalue weighted by molar-refractivity contribution is 5.96. The monoisotopic (exact) mass is 423 g/mol. The summed E-state index contributed by atoms with van der Waals surface area (Å²) >= 11 is 0. The number of benzene rings is 1. The van der Waals surface area contributed by atoms with Crippen LogP contribution in [-0.2, 0) is 11.2 Å². The van der Waals surface area contributed by atoms with Crippen molar-refractivity contribution in [3.8, 4) is 0 Å². The van der Waals surface area contributed by atoms with Crippen molar-refractivity contribution in [2.24, 2.45) is 0 Å². The van der Waals surface area contributed by atoms with Crippen LogP contribution in [0, 0.1) is 0 Å². The molecule has 0 saturated carbocycles. The third-order valence-electron chi connectivity index (χ3n) is 5.29. The molecule has 2 aromatic rings. The van der Waals surface area contributed by atoms with Gasteiger partial charge in [-0.05, 0) is 42.7 Å². The molecule has 6 nitrogen and oxygen atoms in total. The largest absolute Gasteiger partial charge is 0.398 e. The van der Waals surface area contributed by atoms with Gasteiger partial charge in [0, 0.05) is 50.3 Å². The Bertz CT molecular complexity index is 781. The Morgan fingerprint density at radius 2 is 1.79 bits per heavy atom. The van der Waals surface area contributed by atoms with Crippen molar-refractivity contribution in [3.05, 3.63) is 48.2 Å². The number of piperazine rings is 1. The number of hydrogen-bond donors (Lipinski definition) is 1. The summed E-state index contributed by atoms with van der Waals surface area (Å²) in [5, 5.41) is 0. The molecule has 0 aliphatic carbocycles. The highest BCUT2D eigenvalue weighted by Crippen LogP contribution is 2.31. The molecule has 2 aliphatic heterocycles. The normalized spacial score (nSPS) is 16.6. The van der Waals surface area contributed by atoms with Crippen molar-refractivity contribution in [1.82, 2.24) is 9.88 Å². The summed E-state index contributed by atoms with van der Waals surface area (Å²) in [4.78, 5) is 23.8. The minimum absolute atomic E-state index is 0. The van der Waals surface area contributed by atoms with E-state index >= 15 is 0 Å². The standard InChI is InChI=1S/C20H25N5O.2ClH/c21-17-6-3-7-18-16(17)5-4-10-25(18)20(26)15-23-11-13-24(14-12-23)19-8-1-2-9-22-19;;/h1-3,6-9H,4-5,10-15,21H2;2*1H. The van der Waals surface area contributed by atoms with E-state index in [-0.39, 0.29) is 30.7 Å². The number of nitrogens with zero attached hydrogens (tertiary/aromatic N) is 4. The number of carbonyl (C=O) groups excluding carboxylic acids is 1. The first-order valence-corrected chi connectivity index (χ1v) is 9.28. The molecule has 8 heteroatoms. The molecule has 28 heavy (non-hydrogen) atoms. The van der Waals surface area contributed by atoms with E-state index in [0.717, 1.165) is 68.3 Å². The van der Waals surface area contributed by atoms with E-state index in [1.165, 1.54) is 0 Å². The molecule has 4 rings (SSSR count). The minimum Gasteiger partial charge on any atom is -0.398 e. The molecule has 0 atom stereocenters. The number of amides is 1. The van der Waals surface area contributed by atoms with Gasteiger partial charge in [-0.25, -0.2) is 4.98 Å². The van der Waals surface area contributed by atoms with Crippen LogP contribution in [0.25, 0.3) is 0 Å². The van der Waals surface area contributed by atoms with E-state index in [1.54, 1.807) is 0 Å². The highest BCUT2D eigenvalue weighted by atomic mass is 35.5. The second-order valence-electron chi connectivity index (χ2n) is 6.94. The van der Waals surface area contributed by atoms with Crippen LogP contribution in [-0.4, -0.2) is 55.1 Å². The zero-order valence-corrected chi connectivity index (χ0v) is 17.4. The molecule has 2 N–H and O–H groups in total. The molecule has 3 heterocycles. The van der Waals surface area contributed by atoms with Crippen molar-refractivity contribution in [3.63, 3.8) is 0 Å². The molecular weight excluding hydrogens is 397 g/mol. The Labute approximate surface area is 178 Å². The fourth-order valence-electron chi connectivity index (χ4n) is 3.86. The summed E-state index contributed by atoms with van der Waals surface area (Å²) in [5.41, 5.74) is 9.01. The van der Waals surface area contributed by atoms with Crippen molar-refractivity contribution in [2.45, 2.75) is 12.8 Å². The van der Waals surface area contributed by atoms with Gasteiger partial charge in [0.25, 0.3) is 0 Å². The summed E-state index contributed by atoms with van der Waals surface area (Å²) in [6.07, 6.45) is 3.75. The molecule has 1 saturated heterocycles. The lowest BCUT2D eigenvalue weighted by Gasteiger charge is -2.37. The van der Waals surface area contributed by atoms with Crippen LogP contribution >= 0.6 is 24.8 Å². The molecule has 2 aliphatic rings. The van der Waals surface area contributed by atoms with Crippen LogP contribution < -0.4 is 15.5 Å². The minimum atomic E-state index is 0. The van der Waals surface area contributed by atoms with Gasteiger partial charge < -0.3 is 15.5 Å². The molecular formula is C20H27Cl2N5O. The van der Waals surface area contributed by atoms with Gasteiger partial charge in [-0.1, -0.05) is 12.1 Å². The first kappa shape index (κ1) is 22.3. The van der Waals surface area contributed by atoms with Gasteiger partial charge in [-0.2, -0.15) is 0 Å². The first-order valence-electron chi connectivity index (χ1n) is 9.28. The van der Waals surface area contributed by atoms with Crippen molar-refractivity contribution in [2.75, 3.05) is 54.8 Å². The van der Waals surface area contributed by atoms with Crippen LogP contribution in [0.15, 0.2) is 42.6 Å². The fraction of sp³-hybridized carbons (Fsp3) is 0.400. The summed E-state index contributed by atoms with van der Waals surface area (Å²) in [7, 11) is 0. The van der Waals surface area contributed by atoms with Gasteiger partial charge >= 0.3 is 0 Å². The molecule has 1 fully saturated rings. The zero-order chi connectivity index (χ0) is 17.9. The van der Waals surface area contributed by atoms with Gasteiger partial charge in [0.2, 0.25) is 5.91 Å². The summed E-state index contributed by atoms with van der Waals surface area (Å²) < 4.78 is 0. The van der Waals surface area contributed by atoms with Crippen molar-refractivity contribution in [1.29, 1.82) is 0 Å². The highest BCUT2D eigenvalue weighted by Gasteiger charge is 2.26. The third-order valence-corrected chi connectivity index (χ3v) is 5.29. The van der Waals surface area contributed by atoms with E-state index in [1.807, 2.05) is 47.5 Å². The number of fused-ring (bicyclic) bond motifs is 1. The topological polar surface area (TPSA) is 65.7 Å². The van der Waals surface area contributed by atoms with Gasteiger partial charge in [0.15, 0.2) is 0 Å². The van der Waals surface area contributed by atoms with Crippen molar-refractivity contribution >= 4 is 47.9 Å². The molecule has 0 unspecified atom stereocenters. The van der Waals surface area contributed by atoms with Gasteiger partial charge in [0.05, 0.1) is 6.54 Å². The molecule has 1 aromatic heterocycles. The Balaban J connectivity index is 0.00000140. The zero-order valence-electron chi connectivity index (χ0n) is 15.8. The molecule has 0 bridgehead atoms. The van der Waals surface area contributed by atoms with E-state index in [4.69, 9.17) is 5.73 Å². The van der Waals surface area contributed by atoms with Crippen LogP contribution in [0.5, 0.6) is 0 Å². The molecule has 152 valence electrons. The molecule has 1 amide bonds. The van der Waals surface area contributed by atoms with E-state index in [0.29, 0.717) is 6.54 Å². The number of nitrogens with two attached hydrogens (primary N) is 1. The number of nitrogen functional groups attached to an aromatic ring is 1. The number of carbonyl (C=O) groups is 1. The van der Waals surface area contributed by atoms with E-state index in [9.17, 15) is 4.79 Å². The SMILES string of the molecule is Cl.Cl.Nc1cccc2c1CCCN2C(=O)CN1CCN(c2ccccn2)CC1. The second kappa shape index (κ2) is 9.96. The van der Waals surface area contributed by atoms with Gasteiger partial charge in [0.1, 0.15) is 5.82 Å². The fourth-order valence-corrected chi connectivity index (χ4v) is 3.86. The average molecular weight is 424 g/mol. The smallest absolute Gasteiger partial charge is 0.241 e. The van der Waals surface area contributed by atoms with Gasteiger partial charge in [-0.3, -0.25) is 9.69 Å². The predicted molar refractivity (Wildman–Crippen MR) is 119 cm³/mol. The molecule has 1 aromatic carbocycles. The number of anilines is 3. The second-order valence-corrected chi connectivity index (χ2v) is 6.94. The number of rotatable bonds is 3. The third kappa shape index (κ3) is 4.69. The van der Waals surface area contributed by atoms with Crippen LogP contribution in [0.2, 0.25) is 0 Å². The number of hydrogen-bond acceptors (Lipinski definition) is 5. The average Bonchev–Trinajstić information content (AvgIpc) is 2.69. The Kier molecular flexibility index (Phi) is 7.92. The lowest BCUT2D eigenvalue weighted by atomic mass is 10.00. The molecule has 0 spiro atoms. The van der Waals surface area contributed by atoms with E-state index < -0.39 is 0 Å². The number of halogens is 2.